The number of pyridine rings is 1. The van der Waals surface area contributed by atoms with Crippen molar-refractivity contribution in [1.29, 1.82) is 0 Å². The molecule has 0 radical (unpaired) electrons. The summed E-state index contributed by atoms with van der Waals surface area (Å²) in [6, 6.07) is 58.3. The highest BCUT2D eigenvalue weighted by Gasteiger charge is 2.30. The van der Waals surface area contributed by atoms with E-state index in [9.17, 15) is 5.11 Å². The summed E-state index contributed by atoms with van der Waals surface area (Å²) < 4.78 is 4.62. The van der Waals surface area contributed by atoms with Crippen LogP contribution in [0, 0.1) is 0 Å². The normalized spacial score (nSPS) is 12.4. The number of fused-ring (bicyclic) bond motifs is 4. The van der Waals surface area contributed by atoms with E-state index in [4.69, 9.17) is 9.97 Å². The zero-order valence-electron chi connectivity index (χ0n) is 38.9. The standard InChI is InChI=1S/C60H56N4O/c1-58(2,3)41-30-31-51(47(35-41)38-20-12-10-13-21-38)64-52-29-19-27-44(54(52)62-57(64)48-36-42(59(4,5)6)37-49(56(48)65)60(7,8)9)39-22-18-23-40(34-39)53-55-46(32-33-61-53)45-26-16-17-28-50(45)63(55)43-24-14-11-15-25-43/h10-37,65H,1-9H3. The highest BCUT2D eigenvalue weighted by atomic mass is 16.3. The van der Waals surface area contributed by atoms with E-state index in [0.717, 1.165) is 83.5 Å². The van der Waals surface area contributed by atoms with E-state index >= 15 is 0 Å². The molecule has 7 aromatic carbocycles. The first-order valence-corrected chi connectivity index (χ1v) is 22.7. The van der Waals surface area contributed by atoms with Crippen molar-refractivity contribution in [3.05, 3.63) is 187 Å². The van der Waals surface area contributed by atoms with Crippen LogP contribution in [0.5, 0.6) is 5.75 Å². The van der Waals surface area contributed by atoms with Crippen LogP contribution in [0.1, 0.15) is 79.0 Å². The number of hydrogen-bond donors (Lipinski definition) is 1. The number of nitrogens with zero attached hydrogens (tertiary/aromatic N) is 4. The summed E-state index contributed by atoms with van der Waals surface area (Å²) in [6.45, 7) is 20.0. The number of para-hydroxylation sites is 3. The largest absolute Gasteiger partial charge is 0.507 e. The van der Waals surface area contributed by atoms with Gasteiger partial charge in [-0.2, -0.15) is 0 Å². The summed E-state index contributed by atoms with van der Waals surface area (Å²) in [7, 11) is 0. The van der Waals surface area contributed by atoms with Gasteiger partial charge < -0.3 is 9.67 Å². The Hall–Kier alpha value is -7.24. The molecule has 0 aliphatic heterocycles. The predicted molar refractivity (Wildman–Crippen MR) is 273 cm³/mol. The molecule has 0 atom stereocenters. The second-order valence-corrected chi connectivity index (χ2v) is 20.5. The maximum absolute atomic E-state index is 12.5. The highest BCUT2D eigenvalue weighted by molar-refractivity contribution is 6.13. The second-order valence-electron chi connectivity index (χ2n) is 20.5. The number of phenolic OH excluding ortho intramolecular Hbond substituents is 1. The molecule has 5 heteroatoms. The molecule has 3 aromatic heterocycles. The summed E-state index contributed by atoms with van der Waals surface area (Å²) in [5.74, 6) is 0.948. The van der Waals surface area contributed by atoms with Crippen LogP contribution < -0.4 is 0 Å². The van der Waals surface area contributed by atoms with Crippen molar-refractivity contribution in [2.45, 2.75) is 78.6 Å². The summed E-state index contributed by atoms with van der Waals surface area (Å²) in [5, 5.41) is 14.9. The number of phenols is 1. The van der Waals surface area contributed by atoms with Crippen LogP contribution in [0.3, 0.4) is 0 Å². The van der Waals surface area contributed by atoms with Gasteiger partial charge in [0.05, 0.1) is 39.0 Å². The Balaban J connectivity index is 1.26. The van der Waals surface area contributed by atoms with Crippen LogP contribution >= 0.6 is 0 Å². The van der Waals surface area contributed by atoms with E-state index in [0.29, 0.717) is 11.4 Å². The highest BCUT2D eigenvalue weighted by Crippen LogP contribution is 2.46. The molecule has 0 fully saturated rings. The fourth-order valence-electron chi connectivity index (χ4n) is 9.42. The van der Waals surface area contributed by atoms with Crippen LogP contribution in [0.15, 0.2) is 170 Å². The molecule has 0 amide bonds. The van der Waals surface area contributed by atoms with E-state index in [1.807, 2.05) is 6.20 Å². The van der Waals surface area contributed by atoms with Crippen LogP contribution in [-0.4, -0.2) is 24.2 Å². The first-order valence-electron chi connectivity index (χ1n) is 22.7. The smallest absolute Gasteiger partial charge is 0.149 e. The van der Waals surface area contributed by atoms with Crippen LogP contribution in [0.4, 0.5) is 0 Å². The second kappa shape index (κ2) is 15.5. The molecule has 0 saturated heterocycles. The van der Waals surface area contributed by atoms with Gasteiger partial charge in [-0.3, -0.25) is 9.55 Å². The first-order chi connectivity index (χ1) is 31.1. The van der Waals surface area contributed by atoms with Gasteiger partial charge in [0.25, 0.3) is 0 Å². The number of benzene rings is 7. The van der Waals surface area contributed by atoms with Crippen molar-refractivity contribution in [2.75, 3.05) is 0 Å². The summed E-state index contributed by atoms with van der Waals surface area (Å²) in [5.41, 5.74) is 15.7. The topological polar surface area (TPSA) is 55.9 Å². The molecule has 0 saturated carbocycles. The summed E-state index contributed by atoms with van der Waals surface area (Å²) >= 11 is 0. The number of imidazole rings is 1. The lowest BCUT2D eigenvalue weighted by Gasteiger charge is -2.28. The maximum Gasteiger partial charge on any atom is 0.149 e. The molecule has 1 N–H and O–H groups in total. The average Bonchev–Trinajstić information content (AvgIpc) is 3.85. The molecule has 0 bridgehead atoms. The van der Waals surface area contributed by atoms with Crippen LogP contribution in [0.25, 0.3) is 89.1 Å². The number of hydrogen-bond acceptors (Lipinski definition) is 3. The van der Waals surface area contributed by atoms with Crippen molar-refractivity contribution in [3.63, 3.8) is 0 Å². The van der Waals surface area contributed by atoms with Gasteiger partial charge in [0.2, 0.25) is 0 Å². The minimum absolute atomic E-state index is 0.0738. The van der Waals surface area contributed by atoms with Gasteiger partial charge in [0, 0.05) is 44.9 Å². The molecule has 65 heavy (non-hydrogen) atoms. The van der Waals surface area contributed by atoms with Crippen LogP contribution in [-0.2, 0) is 16.2 Å². The molecule has 5 nitrogen and oxygen atoms in total. The summed E-state index contributed by atoms with van der Waals surface area (Å²) in [6.07, 6.45) is 1.93. The van der Waals surface area contributed by atoms with Crippen molar-refractivity contribution < 1.29 is 5.11 Å². The third-order valence-corrected chi connectivity index (χ3v) is 12.9. The van der Waals surface area contributed by atoms with Gasteiger partial charge in [-0.15, -0.1) is 0 Å². The molecule has 3 heterocycles. The number of aromatic hydroxyl groups is 1. The molecular weight excluding hydrogens is 793 g/mol. The van der Waals surface area contributed by atoms with Crippen molar-refractivity contribution in [1.82, 2.24) is 19.1 Å². The third kappa shape index (κ3) is 7.29. The third-order valence-electron chi connectivity index (χ3n) is 12.9. The Labute approximate surface area is 382 Å². The van der Waals surface area contributed by atoms with Gasteiger partial charge in [0.1, 0.15) is 11.6 Å². The molecule has 10 rings (SSSR count). The van der Waals surface area contributed by atoms with E-state index in [1.54, 1.807) is 0 Å². The van der Waals surface area contributed by atoms with Crippen molar-refractivity contribution >= 4 is 32.8 Å². The lowest BCUT2D eigenvalue weighted by molar-refractivity contribution is 0.446. The zero-order valence-corrected chi connectivity index (χ0v) is 38.9. The lowest BCUT2D eigenvalue weighted by atomic mass is 9.79. The molecule has 0 spiro atoms. The lowest BCUT2D eigenvalue weighted by Crippen LogP contribution is -2.17. The number of rotatable bonds is 6. The Bertz CT molecular complexity index is 3430. The average molecular weight is 849 g/mol. The fourth-order valence-corrected chi connectivity index (χ4v) is 9.42. The van der Waals surface area contributed by atoms with Gasteiger partial charge >= 0.3 is 0 Å². The minimum atomic E-state index is -0.324. The SMILES string of the molecule is CC(C)(C)c1ccc(-n2c(-c3cc(C(C)(C)C)cc(C(C)(C)C)c3O)nc3c(-c4cccc(-c5nccc6c7ccccc7n(-c7ccccc7)c56)c4)cccc32)c(-c2ccccc2)c1. The van der Waals surface area contributed by atoms with Crippen molar-refractivity contribution in [2.24, 2.45) is 0 Å². The predicted octanol–water partition coefficient (Wildman–Crippen LogP) is 15.8. The maximum atomic E-state index is 12.5. The number of aromatic nitrogens is 4. The van der Waals surface area contributed by atoms with Gasteiger partial charge in [0.15, 0.2) is 0 Å². The first kappa shape index (κ1) is 41.8. The molecular formula is C60H56N4O. The molecule has 10 aromatic rings. The van der Waals surface area contributed by atoms with E-state index < -0.39 is 0 Å². The van der Waals surface area contributed by atoms with Gasteiger partial charge in [-0.1, -0.05) is 172 Å². The van der Waals surface area contributed by atoms with Crippen LogP contribution in [0.2, 0.25) is 0 Å². The van der Waals surface area contributed by atoms with Gasteiger partial charge in [-0.25, -0.2) is 4.98 Å². The van der Waals surface area contributed by atoms with Gasteiger partial charge in [-0.05, 0) is 93.1 Å². The Morgan fingerprint density at radius 3 is 1.82 bits per heavy atom. The van der Waals surface area contributed by atoms with E-state index in [-0.39, 0.29) is 22.0 Å². The monoisotopic (exact) mass is 848 g/mol. The van der Waals surface area contributed by atoms with E-state index in [1.165, 1.54) is 10.9 Å². The fraction of sp³-hybridized carbons (Fsp3) is 0.200. The van der Waals surface area contributed by atoms with E-state index in [2.05, 4.69) is 235 Å². The summed E-state index contributed by atoms with van der Waals surface area (Å²) in [4.78, 5) is 10.8. The van der Waals surface area contributed by atoms with Crippen molar-refractivity contribution in [3.8, 4) is 62.0 Å². The molecule has 0 unspecified atom stereocenters. The molecule has 322 valence electrons. The Morgan fingerprint density at radius 1 is 0.462 bits per heavy atom. The quantitative estimate of drug-likeness (QED) is 0.181. The Kier molecular flexibility index (Phi) is 9.95. The molecule has 0 aliphatic rings. The Morgan fingerprint density at radius 2 is 1.09 bits per heavy atom. The minimum Gasteiger partial charge on any atom is -0.507 e. The zero-order chi connectivity index (χ0) is 45.4. The molecule has 0 aliphatic carbocycles.